The number of benzene rings is 1. The van der Waals surface area contributed by atoms with Gasteiger partial charge in [-0.3, -0.25) is 0 Å². The first kappa shape index (κ1) is 17.6. The SMILES string of the molecule is Cc1cc(C)nc(N/C=C2\C[C@@H](COC(=O)c3ccccc3)OC2=O)n1. The molecule has 134 valence electrons. The molecule has 0 radical (unpaired) electrons. The van der Waals surface area contributed by atoms with Gasteiger partial charge in [0.15, 0.2) is 0 Å². The van der Waals surface area contributed by atoms with Crippen molar-refractivity contribution in [1.82, 2.24) is 9.97 Å². The van der Waals surface area contributed by atoms with Crippen LogP contribution in [0.2, 0.25) is 0 Å². The van der Waals surface area contributed by atoms with E-state index >= 15 is 0 Å². The molecule has 2 aromatic rings. The zero-order valence-corrected chi connectivity index (χ0v) is 14.6. The Morgan fingerprint density at radius 2 is 1.96 bits per heavy atom. The molecule has 0 unspecified atom stereocenters. The second-order valence-corrected chi connectivity index (χ2v) is 5.98. The molecule has 1 aromatic carbocycles. The summed E-state index contributed by atoms with van der Waals surface area (Å²) in [4.78, 5) is 32.4. The van der Waals surface area contributed by atoms with Gasteiger partial charge in [-0.1, -0.05) is 18.2 Å². The first-order valence-corrected chi connectivity index (χ1v) is 8.22. The van der Waals surface area contributed by atoms with Crippen molar-refractivity contribution in [2.75, 3.05) is 11.9 Å². The Morgan fingerprint density at radius 3 is 2.65 bits per heavy atom. The quantitative estimate of drug-likeness (QED) is 0.652. The number of hydrogen-bond donors (Lipinski definition) is 1. The predicted molar refractivity (Wildman–Crippen MR) is 94.4 cm³/mol. The van der Waals surface area contributed by atoms with E-state index in [9.17, 15) is 9.59 Å². The third-order valence-electron chi connectivity index (χ3n) is 3.75. The van der Waals surface area contributed by atoms with Crippen molar-refractivity contribution in [3.8, 4) is 0 Å². The van der Waals surface area contributed by atoms with Crippen LogP contribution in [0.3, 0.4) is 0 Å². The summed E-state index contributed by atoms with van der Waals surface area (Å²) in [5.41, 5.74) is 2.57. The largest absolute Gasteiger partial charge is 0.458 e. The number of carbonyl (C=O) groups excluding carboxylic acids is 2. The van der Waals surface area contributed by atoms with Crippen molar-refractivity contribution >= 4 is 17.9 Å². The summed E-state index contributed by atoms with van der Waals surface area (Å²) >= 11 is 0. The molecule has 0 aliphatic carbocycles. The molecule has 2 heterocycles. The lowest BCUT2D eigenvalue weighted by atomic mass is 10.2. The molecule has 1 aliphatic rings. The second kappa shape index (κ2) is 7.77. The second-order valence-electron chi connectivity index (χ2n) is 5.98. The number of anilines is 1. The summed E-state index contributed by atoms with van der Waals surface area (Å²) in [6.07, 6.45) is 1.39. The molecule has 0 spiro atoms. The number of nitrogens with one attached hydrogen (secondary N) is 1. The van der Waals surface area contributed by atoms with E-state index in [1.807, 2.05) is 26.0 Å². The fourth-order valence-electron chi connectivity index (χ4n) is 2.58. The number of carbonyl (C=O) groups is 2. The molecule has 1 atom stereocenters. The van der Waals surface area contributed by atoms with Crippen molar-refractivity contribution in [2.24, 2.45) is 0 Å². The minimum atomic E-state index is -0.497. The van der Waals surface area contributed by atoms with Crippen molar-refractivity contribution in [3.05, 3.63) is 65.1 Å². The van der Waals surface area contributed by atoms with Crippen LogP contribution in [0.5, 0.6) is 0 Å². The van der Waals surface area contributed by atoms with Crippen LogP contribution in [-0.4, -0.2) is 34.6 Å². The molecule has 0 bridgehead atoms. The molecule has 0 amide bonds. The summed E-state index contributed by atoms with van der Waals surface area (Å²) in [6.45, 7) is 3.75. The van der Waals surface area contributed by atoms with Gasteiger partial charge in [0.05, 0.1) is 11.1 Å². The van der Waals surface area contributed by atoms with Crippen LogP contribution in [0, 0.1) is 13.8 Å². The molecule has 1 saturated heterocycles. The van der Waals surface area contributed by atoms with E-state index < -0.39 is 18.0 Å². The topological polar surface area (TPSA) is 90.4 Å². The van der Waals surface area contributed by atoms with Crippen LogP contribution < -0.4 is 5.32 Å². The van der Waals surface area contributed by atoms with Gasteiger partial charge in [0.1, 0.15) is 12.7 Å². The summed E-state index contributed by atoms with van der Waals surface area (Å²) in [6, 6.07) is 10.5. The van der Waals surface area contributed by atoms with Crippen molar-refractivity contribution in [3.63, 3.8) is 0 Å². The first-order chi connectivity index (χ1) is 12.5. The van der Waals surface area contributed by atoms with Gasteiger partial charge in [-0.05, 0) is 32.0 Å². The van der Waals surface area contributed by atoms with Gasteiger partial charge in [-0.2, -0.15) is 0 Å². The smallest absolute Gasteiger partial charge is 0.338 e. The number of aromatic nitrogens is 2. The summed E-state index contributed by atoms with van der Waals surface area (Å²) < 4.78 is 10.4. The Hall–Kier alpha value is -3.22. The molecule has 1 fully saturated rings. The van der Waals surface area contributed by atoms with E-state index in [4.69, 9.17) is 9.47 Å². The number of nitrogens with zero attached hydrogens (tertiary/aromatic N) is 2. The molecule has 0 saturated carbocycles. The summed E-state index contributed by atoms with van der Waals surface area (Å²) in [5, 5.41) is 2.92. The van der Waals surface area contributed by atoms with Gasteiger partial charge in [-0.25, -0.2) is 19.6 Å². The van der Waals surface area contributed by atoms with Crippen LogP contribution in [-0.2, 0) is 14.3 Å². The van der Waals surface area contributed by atoms with Gasteiger partial charge < -0.3 is 14.8 Å². The van der Waals surface area contributed by atoms with Crippen LogP contribution in [0.4, 0.5) is 5.95 Å². The zero-order valence-electron chi connectivity index (χ0n) is 14.6. The van der Waals surface area contributed by atoms with Gasteiger partial charge in [0.2, 0.25) is 5.95 Å². The number of ether oxygens (including phenoxy) is 2. The van der Waals surface area contributed by atoms with Gasteiger partial charge in [0.25, 0.3) is 0 Å². The summed E-state index contributed by atoms with van der Waals surface area (Å²) in [5.74, 6) is -0.467. The zero-order chi connectivity index (χ0) is 18.5. The maximum absolute atomic E-state index is 11.9. The molecule has 1 N–H and O–H groups in total. The monoisotopic (exact) mass is 353 g/mol. The van der Waals surface area contributed by atoms with E-state index in [1.165, 1.54) is 6.20 Å². The minimum absolute atomic E-state index is 0.0108. The van der Waals surface area contributed by atoms with E-state index in [0.29, 0.717) is 23.5 Å². The van der Waals surface area contributed by atoms with Crippen molar-refractivity contribution in [1.29, 1.82) is 0 Å². The van der Waals surface area contributed by atoms with Crippen molar-refractivity contribution < 1.29 is 19.1 Å². The fourth-order valence-corrected chi connectivity index (χ4v) is 2.58. The van der Waals surface area contributed by atoms with E-state index in [1.54, 1.807) is 24.3 Å². The van der Waals surface area contributed by atoms with Gasteiger partial charge in [-0.15, -0.1) is 0 Å². The Kier molecular flexibility index (Phi) is 5.26. The predicted octanol–water partition coefficient (Wildman–Crippen LogP) is 2.56. The lowest BCUT2D eigenvalue weighted by Gasteiger charge is -2.09. The maximum Gasteiger partial charge on any atom is 0.338 e. The molecule has 7 nitrogen and oxygen atoms in total. The lowest BCUT2D eigenvalue weighted by molar-refractivity contribution is -0.140. The van der Waals surface area contributed by atoms with Gasteiger partial charge in [0, 0.05) is 24.0 Å². The Morgan fingerprint density at radius 1 is 1.27 bits per heavy atom. The Bertz CT molecular complexity index is 829. The minimum Gasteiger partial charge on any atom is -0.458 e. The molecule has 1 aliphatic heterocycles. The average Bonchev–Trinajstić information content (AvgIpc) is 2.98. The van der Waals surface area contributed by atoms with E-state index in [2.05, 4.69) is 15.3 Å². The molecule has 1 aromatic heterocycles. The van der Waals surface area contributed by atoms with E-state index in [0.717, 1.165) is 11.4 Å². The number of rotatable bonds is 5. The first-order valence-electron chi connectivity index (χ1n) is 8.22. The molecular formula is C19H19N3O4. The average molecular weight is 353 g/mol. The van der Waals surface area contributed by atoms with Gasteiger partial charge >= 0.3 is 11.9 Å². The van der Waals surface area contributed by atoms with E-state index in [-0.39, 0.29) is 6.61 Å². The molecule has 3 rings (SSSR count). The number of esters is 2. The summed E-state index contributed by atoms with van der Waals surface area (Å²) in [7, 11) is 0. The third kappa shape index (κ3) is 4.44. The number of hydrogen-bond acceptors (Lipinski definition) is 7. The maximum atomic E-state index is 11.9. The molecule has 26 heavy (non-hydrogen) atoms. The fraction of sp³-hybridized carbons (Fsp3) is 0.263. The molecular weight excluding hydrogens is 334 g/mol. The Balaban J connectivity index is 1.55. The van der Waals surface area contributed by atoms with Crippen LogP contribution in [0.25, 0.3) is 0 Å². The third-order valence-corrected chi connectivity index (χ3v) is 3.75. The highest BCUT2D eigenvalue weighted by Gasteiger charge is 2.30. The highest BCUT2D eigenvalue weighted by atomic mass is 16.6. The van der Waals surface area contributed by atoms with Crippen LogP contribution in [0.15, 0.2) is 48.2 Å². The van der Waals surface area contributed by atoms with Crippen LogP contribution in [0.1, 0.15) is 28.2 Å². The lowest BCUT2D eigenvalue weighted by Crippen LogP contribution is -2.18. The number of aryl methyl sites for hydroxylation is 2. The normalized spacial score (nSPS) is 17.8. The standard InChI is InChI=1S/C19H19N3O4/c1-12-8-13(2)22-19(21-12)20-10-15-9-16(26-18(15)24)11-25-17(23)14-6-4-3-5-7-14/h3-8,10,16H,9,11H2,1-2H3,(H,20,21,22)/b15-10+/t16-/m0/s1. The molecule has 7 heteroatoms. The van der Waals surface area contributed by atoms with Crippen LogP contribution >= 0.6 is 0 Å². The highest BCUT2D eigenvalue weighted by molar-refractivity contribution is 5.91. The number of cyclic esters (lactones) is 1. The highest BCUT2D eigenvalue weighted by Crippen LogP contribution is 2.21. The van der Waals surface area contributed by atoms with Crippen molar-refractivity contribution in [2.45, 2.75) is 26.4 Å². The Labute approximate surface area is 151 Å².